The molecule has 1 rings (SSSR count). The monoisotopic (exact) mass is 207 g/mol. The van der Waals surface area contributed by atoms with Crippen LogP contribution in [0.2, 0.25) is 0 Å². The molecule has 0 bridgehead atoms. The predicted octanol–water partition coefficient (Wildman–Crippen LogP) is 2.61. The number of rotatable bonds is 4. The number of anilines is 1. The molecule has 3 nitrogen and oxygen atoms in total. The van der Waals surface area contributed by atoms with Crippen LogP contribution < -0.4 is 5.32 Å². The topological polar surface area (TPSA) is 49.3 Å². The van der Waals surface area contributed by atoms with Crippen molar-refractivity contribution >= 4 is 11.7 Å². The highest BCUT2D eigenvalue weighted by atomic mass is 16.4. The molecule has 2 N–H and O–H groups in total. The first kappa shape index (κ1) is 11.6. The molecule has 0 saturated carbocycles. The number of aryl methyl sites for hydroxylation is 1. The molecular weight excluding hydrogens is 190 g/mol. The number of carboxylic acid groups (broad SMARTS) is 1. The summed E-state index contributed by atoms with van der Waals surface area (Å²) >= 11 is 0. The van der Waals surface area contributed by atoms with Crippen molar-refractivity contribution in [3.05, 3.63) is 29.3 Å². The van der Waals surface area contributed by atoms with Crippen molar-refractivity contribution < 1.29 is 9.90 Å². The molecule has 0 unspecified atom stereocenters. The van der Waals surface area contributed by atoms with E-state index in [9.17, 15) is 4.79 Å². The number of nitrogens with one attached hydrogen (secondary N) is 1. The van der Waals surface area contributed by atoms with E-state index in [1.165, 1.54) is 5.56 Å². The van der Waals surface area contributed by atoms with Gasteiger partial charge in [-0.05, 0) is 30.0 Å². The Hall–Kier alpha value is -1.51. The molecule has 0 aliphatic carbocycles. The summed E-state index contributed by atoms with van der Waals surface area (Å²) in [5.41, 5.74) is 3.19. The second kappa shape index (κ2) is 4.82. The second-order valence-electron chi connectivity index (χ2n) is 3.98. The summed E-state index contributed by atoms with van der Waals surface area (Å²) in [6, 6.07) is 6.11. The first-order valence-corrected chi connectivity index (χ1v) is 5.07. The van der Waals surface area contributed by atoms with Gasteiger partial charge in [-0.2, -0.15) is 0 Å². The molecule has 0 spiro atoms. The molecule has 15 heavy (non-hydrogen) atoms. The SMILES string of the molecule is Cc1ccc(C(C)C)cc1NCC(=O)O. The van der Waals surface area contributed by atoms with Crippen LogP contribution in [0.4, 0.5) is 5.69 Å². The van der Waals surface area contributed by atoms with Crippen molar-refractivity contribution in [3.63, 3.8) is 0 Å². The van der Waals surface area contributed by atoms with Crippen LogP contribution in [0, 0.1) is 6.92 Å². The summed E-state index contributed by atoms with van der Waals surface area (Å²) in [6.07, 6.45) is 0. The molecule has 0 aromatic heterocycles. The summed E-state index contributed by atoms with van der Waals surface area (Å²) in [7, 11) is 0. The maximum absolute atomic E-state index is 10.4. The van der Waals surface area contributed by atoms with Crippen molar-refractivity contribution in [2.24, 2.45) is 0 Å². The van der Waals surface area contributed by atoms with Crippen LogP contribution in [0.3, 0.4) is 0 Å². The highest BCUT2D eigenvalue weighted by Crippen LogP contribution is 2.21. The maximum atomic E-state index is 10.4. The molecule has 0 fully saturated rings. The third-order valence-electron chi connectivity index (χ3n) is 2.36. The van der Waals surface area contributed by atoms with Crippen LogP contribution in [-0.4, -0.2) is 17.6 Å². The number of aliphatic carboxylic acids is 1. The first-order valence-electron chi connectivity index (χ1n) is 5.07. The highest BCUT2D eigenvalue weighted by molar-refractivity contribution is 5.73. The molecule has 0 aliphatic rings. The van der Waals surface area contributed by atoms with E-state index >= 15 is 0 Å². The number of carboxylic acids is 1. The number of carbonyl (C=O) groups is 1. The normalized spacial score (nSPS) is 10.4. The van der Waals surface area contributed by atoms with Crippen molar-refractivity contribution in [1.82, 2.24) is 0 Å². The summed E-state index contributed by atoms with van der Waals surface area (Å²) in [4.78, 5) is 10.4. The summed E-state index contributed by atoms with van der Waals surface area (Å²) in [5.74, 6) is -0.389. The molecule has 0 radical (unpaired) electrons. The van der Waals surface area contributed by atoms with E-state index in [2.05, 4.69) is 25.2 Å². The lowest BCUT2D eigenvalue weighted by Gasteiger charge is -2.11. The first-order chi connectivity index (χ1) is 7.00. The molecule has 1 aromatic carbocycles. The van der Waals surface area contributed by atoms with Gasteiger partial charge in [0.05, 0.1) is 0 Å². The van der Waals surface area contributed by atoms with E-state index in [4.69, 9.17) is 5.11 Å². The van der Waals surface area contributed by atoms with Gasteiger partial charge in [-0.1, -0.05) is 26.0 Å². The Bertz CT molecular complexity index is 359. The van der Waals surface area contributed by atoms with Gasteiger partial charge in [-0.15, -0.1) is 0 Å². The number of benzene rings is 1. The van der Waals surface area contributed by atoms with E-state index in [0.29, 0.717) is 5.92 Å². The van der Waals surface area contributed by atoms with Crippen molar-refractivity contribution in [3.8, 4) is 0 Å². The molecule has 0 atom stereocenters. The quantitative estimate of drug-likeness (QED) is 0.797. The molecule has 0 heterocycles. The van der Waals surface area contributed by atoms with Gasteiger partial charge >= 0.3 is 5.97 Å². The van der Waals surface area contributed by atoms with Crippen molar-refractivity contribution in [1.29, 1.82) is 0 Å². The summed E-state index contributed by atoms with van der Waals surface area (Å²) in [6.45, 7) is 6.16. The fourth-order valence-corrected chi connectivity index (χ4v) is 1.36. The van der Waals surface area contributed by atoms with Crippen molar-refractivity contribution in [2.75, 3.05) is 11.9 Å². The highest BCUT2D eigenvalue weighted by Gasteiger charge is 2.04. The average molecular weight is 207 g/mol. The largest absolute Gasteiger partial charge is 0.480 e. The van der Waals surface area contributed by atoms with Crippen LogP contribution in [0.5, 0.6) is 0 Å². The predicted molar refractivity (Wildman–Crippen MR) is 61.4 cm³/mol. The van der Waals surface area contributed by atoms with Gasteiger partial charge < -0.3 is 10.4 Å². The van der Waals surface area contributed by atoms with Gasteiger partial charge in [-0.3, -0.25) is 4.79 Å². The van der Waals surface area contributed by atoms with Gasteiger partial charge in [0.1, 0.15) is 6.54 Å². The Kier molecular flexibility index (Phi) is 3.72. The van der Waals surface area contributed by atoms with E-state index in [-0.39, 0.29) is 6.54 Å². The van der Waals surface area contributed by atoms with Gasteiger partial charge in [0, 0.05) is 5.69 Å². The minimum atomic E-state index is -0.843. The minimum absolute atomic E-state index is 0.0393. The molecular formula is C12H17NO2. The Morgan fingerprint density at radius 3 is 2.67 bits per heavy atom. The fourth-order valence-electron chi connectivity index (χ4n) is 1.36. The second-order valence-corrected chi connectivity index (χ2v) is 3.98. The van der Waals surface area contributed by atoms with Crippen LogP contribution in [0.15, 0.2) is 18.2 Å². The third-order valence-corrected chi connectivity index (χ3v) is 2.36. The lowest BCUT2D eigenvalue weighted by atomic mass is 10.0. The Morgan fingerprint density at radius 2 is 2.13 bits per heavy atom. The number of hydrogen-bond acceptors (Lipinski definition) is 2. The van der Waals surface area contributed by atoms with Crippen molar-refractivity contribution in [2.45, 2.75) is 26.7 Å². The Labute approximate surface area is 90.1 Å². The van der Waals surface area contributed by atoms with E-state index in [0.717, 1.165) is 11.3 Å². The van der Waals surface area contributed by atoms with E-state index in [1.807, 2.05) is 19.1 Å². The molecule has 3 heteroatoms. The van der Waals surface area contributed by atoms with Crippen LogP contribution in [0.25, 0.3) is 0 Å². The van der Waals surface area contributed by atoms with Crippen LogP contribution in [0.1, 0.15) is 30.9 Å². The summed E-state index contributed by atoms with van der Waals surface area (Å²) < 4.78 is 0. The zero-order chi connectivity index (χ0) is 11.4. The zero-order valence-electron chi connectivity index (χ0n) is 9.37. The lowest BCUT2D eigenvalue weighted by Crippen LogP contribution is -2.13. The van der Waals surface area contributed by atoms with Crippen LogP contribution >= 0.6 is 0 Å². The van der Waals surface area contributed by atoms with Gasteiger partial charge in [0.15, 0.2) is 0 Å². The molecule has 0 aliphatic heterocycles. The number of hydrogen-bond donors (Lipinski definition) is 2. The smallest absolute Gasteiger partial charge is 0.322 e. The minimum Gasteiger partial charge on any atom is -0.480 e. The zero-order valence-corrected chi connectivity index (χ0v) is 9.37. The van der Waals surface area contributed by atoms with E-state index in [1.54, 1.807) is 0 Å². The van der Waals surface area contributed by atoms with Gasteiger partial charge in [0.25, 0.3) is 0 Å². The molecule has 0 amide bonds. The lowest BCUT2D eigenvalue weighted by molar-refractivity contribution is -0.134. The molecule has 82 valence electrons. The standard InChI is InChI=1S/C12H17NO2/c1-8(2)10-5-4-9(3)11(6-10)13-7-12(14)15/h4-6,8,13H,7H2,1-3H3,(H,14,15). The van der Waals surface area contributed by atoms with Crippen LogP contribution in [-0.2, 0) is 4.79 Å². The maximum Gasteiger partial charge on any atom is 0.322 e. The Balaban J connectivity index is 2.85. The molecule has 1 aromatic rings. The Morgan fingerprint density at radius 1 is 1.47 bits per heavy atom. The summed E-state index contributed by atoms with van der Waals surface area (Å²) in [5, 5.41) is 11.5. The average Bonchev–Trinajstić information content (AvgIpc) is 2.16. The van der Waals surface area contributed by atoms with E-state index < -0.39 is 5.97 Å². The van der Waals surface area contributed by atoms with Gasteiger partial charge in [0.2, 0.25) is 0 Å². The third kappa shape index (κ3) is 3.27. The van der Waals surface area contributed by atoms with Gasteiger partial charge in [-0.25, -0.2) is 0 Å². The molecule has 0 saturated heterocycles. The fraction of sp³-hybridized carbons (Fsp3) is 0.417.